The number of rotatable bonds is 5. The van der Waals surface area contributed by atoms with E-state index in [0.29, 0.717) is 19.6 Å². The molecule has 0 spiro atoms. The molecule has 1 aromatic rings. The number of ether oxygens (including phenoxy) is 2. The lowest BCUT2D eigenvalue weighted by molar-refractivity contribution is -0.137. The third-order valence-electron chi connectivity index (χ3n) is 2.68. The van der Waals surface area contributed by atoms with Crippen LogP contribution in [0.1, 0.15) is 5.56 Å². The van der Waals surface area contributed by atoms with Crippen molar-refractivity contribution in [2.45, 2.75) is 12.5 Å². The molecule has 2 rings (SSSR count). The lowest BCUT2D eigenvalue weighted by Gasteiger charge is -2.07. The fourth-order valence-corrected chi connectivity index (χ4v) is 1.82. The molecule has 0 bridgehead atoms. The average molecular weight is 237 g/mol. The topological polar surface area (TPSA) is 67.8 Å². The Balaban J connectivity index is 2.02. The van der Waals surface area contributed by atoms with Gasteiger partial charge in [-0.05, 0) is 23.8 Å². The third kappa shape index (κ3) is 2.68. The fraction of sp³-hybridized carbons (Fsp3) is 0.417. The quantitative estimate of drug-likeness (QED) is 0.751. The number of nitrogens with one attached hydrogen (secondary N) is 1. The molecule has 92 valence electrons. The molecule has 0 aromatic heterocycles. The van der Waals surface area contributed by atoms with Gasteiger partial charge in [0.05, 0.1) is 6.61 Å². The van der Waals surface area contributed by atoms with Crippen molar-refractivity contribution in [3.05, 3.63) is 23.8 Å². The Morgan fingerprint density at radius 2 is 2.35 bits per heavy atom. The van der Waals surface area contributed by atoms with Crippen molar-refractivity contribution in [2.24, 2.45) is 0 Å². The molecule has 2 N–H and O–H groups in total. The lowest BCUT2D eigenvalue weighted by Crippen LogP contribution is -2.26. The van der Waals surface area contributed by atoms with E-state index in [-0.39, 0.29) is 0 Å². The van der Waals surface area contributed by atoms with Crippen molar-refractivity contribution < 1.29 is 19.4 Å². The first-order chi connectivity index (χ1) is 8.20. The van der Waals surface area contributed by atoms with Crippen molar-refractivity contribution >= 4 is 11.7 Å². The van der Waals surface area contributed by atoms with Crippen LogP contribution in [0.15, 0.2) is 18.2 Å². The Kier molecular flexibility index (Phi) is 3.49. The zero-order valence-electron chi connectivity index (χ0n) is 9.60. The first-order valence-electron chi connectivity index (χ1n) is 5.44. The normalized spacial score (nSPS) is 17.4. The Bertz CT molecular complexity index is 419. The molecule has 17 heavy (non-hydrogen) atoms. The van der Waals surface area contributed by atoms with Crippen LogP contribution in [-0.4, -0.2) is 37.4 Å². The summed E-state index contributed by atoms with van der Waals surface area (Å²) in [5.74, 6) is -0.0864. The van der Waals surface area contributed by atoms with Crippen LogP contribution in [0, 0.1) is 0 Å². The van der Waals surface area contributed by atoms with Crippen LogP contribution in [-0.2, 0) is 16.0 Å². The first-order valence-corrected chi connectivity index (χ1v) is 5.44. The summed E-state index contributed by atoms with van der Waals surface area (Å²) in [5, 5.41) is 11.9. The molecule has 1 heterocycles. The summed E-state index contributed by atoms with van der Waals surface area (Å²) in [6.45, 7) is 1.03. The standard InChI is InChI=1S/C12H15NO4/c1-16-4-5-17-9-2-3-10-8(6-9)7-11(13-10)12(14)15/h2-3,6,11,13H,4-5,7H2,1H3,(H,14,15). The second-order valence-corrected chi connectivity index (χ2v) is 3.90. The van der Waals surface area contributed by atoms with Crippen LogP contribution in [0.2, 0.25) is 0 Å². The SMILES string of the molecule is COCCOc1ccc2c(c1)CC(C(=O)O)N2. The lowest BCUT2D eigenvalue weighted by atomic mass is 10.1. The maximum Gasteiger partial charge on any atom is 0.326 e. The minimum absolute atomic E-state index is 0.491. The zero-order valence-corrected chi connectivity index (χ0v) is 9.60. The van der Waals surface area contributed by atoms with Crippen LogP contribution >= 0.6 is 0 Å². The highest BCUT2D eigenvalue weighted by atomic mass is 16.5. The minimum Gasteiger partial charge on any atom is -0.491 e. The third-order valence-corrected chi connectivity index (χ3v) is 2.68. The molecule has 1 unspecified atom stereocenters. The van der Waals surface area contributed by atoms with Crippen LogP contribution in [0.5, 0.6) is 5.75 Å². The van der Waals surface area contributed by atoms with E-state index in [1.165, 1.54) is 0 Å². The fourth-order valence-electron chi connectivity index (χ4n) is 1.82. The summed E-state index contributed by atoms with van der Waals surface area (Å²) < 4.78 is 10.4. The van der Waals surface area contributed by atoms with Gasteiger partial charge in [-0.3, -0.25) is 0 Å². The minimum atomic E-state index is -0.831. The predicted octanol–water partition coefficient (Wildman–Crippen LogP) is 1.13. The van der Waals surface area contributed by atoms with Gasteiger partial charge in [0.25, 0.3) is 0 Å². The van der Waals surface area contributed by atoms with Gasteiger partial charge in [0.15, 0.2) is 0 Å². The highest BCUT2D eigenvalue weighted by molar-refractivity contribution is 5.81. The van der Waals surface area contributed by atoms with E-state index in [9.17, 15) is 4.79 Å². The van der Waals surface area contributed by atoms with Crippen molar-refractivity contribution in [3.8, 4) is 5.75 Å². The van der Waals surface area contributed by atoms with Crippen molar-refractivity contribution in [1.29, 1.82) is 0 Å². The number of methoxy groups -OCH3 is 1. The smallest absolute Gasteiger partial charge is 0.326 e. The number of anilines is 1. The summed E-state index contributed by atoms with van der Waals surface area (Å²) in [7, 11) is 1.62. The second kappa shape index (κ2) is 5.05. The van der Waals surface area contributed by atoms with Crippen LogP contribution in [0.25, 0.3) is 0 Å². The Hall–Kier alpha value is -1.75. The van der Waals surface area contributed by atoms with E-state index < -0.39 is 12.0 Å². The first kappa shape index (κ1) is 11.7. The highest BCUT2D eigenvalue weighted by Crippen LogP contribution is 2.29. The van der Waals surface area contributed by atoms with Crippen LogP contribution in [0.3, 0.4) is 0 Å². The molecule has 0 saturated carbocycles. The summed E-state index contributed by atoms with van der Waals surface area (Å²) in [6, 6.07) is 5.02. The van der Waals surface area contributed by atoms with Gasteiger partial charge >= 0.3 is 5.97 Å². The predicted molar refractivity (Wildman–Crippen MR) is 62.6 cm³/mol. The van der Waals surface area contributed by atoms with Crippen LogP contribution < -0.4 is 10.1 Å². The molecule has 1 aliphatic heterocycles. The molecule has 0 saturated heterocycles. The van der Waals surface area contributed by atoms with Gasteiger partial charge < -0.3 is 19.9 Å². The number of carboxylic acids is 1. The molecule has 0 radical (unpaired) electrons. The molecule has 1 atom stereocenters. The van der Waals surface area contributed by atoms with Crippen molar-refractivity contribution in [2.75, 3.05) is 25.6 Å². The van der Waals surface area contributed by atoms with E-state index >= 15 is 0 Å². The molecule has 5 heteroatoms. The Labute approximate surface area is 99.3 Å². The monoisotopic (exact) mass is 237 g/mol. The maximum absolute atomic E-state index is 10.9. The van der Waals surface area contributed by atoms with E-state index in [0.717, 1.165) is 17.0 Å². The Morgan fingerprint density at radius 3 is 3.06 bits per heavy atom. The van der Waals surface area contributed by atoms with E-state index in [2.05, 4.69) is 5.32 Å². The van der Waals surface area contributed by atoms with Crippen molar-refractivity contribution in [1.82, 2.24) is 0 Å². The maximum atomic E-state index is 10.9. The van der Waals surface area contributed by atoms with Gasteiger partial charge in [0.2, 0.25) is 0 Å². The van der Waals surface area contributed by atoms with Crippen molar-refractivity contribution in [3.63, 3.8) is 0 Å². The summed E-state index contributed by atoms with van der Waals surface area (Å²) in [6.07, 6.45) is 0.492. The molecular formula is C12H15NO4. The van der Waals surface area contributed by atoms with Gasteiger partial charge in [0.1, 0.15) is 18.4 Å². The molecule has 0 fully saturated rings. The number of hydrogen-bond donors (Lipinski definition) is 2. The molecule has 0 aliphatic carbocycles. The molecule has 5 nitrogen and oxygen atoms in total. The van der Waals surface area contributed by atoms with Gasteiger partial charge in [0, 0.05) is 19.2 Å². The number of carbonyl (C=O) groups is 1. The van der Waals surface area contributed by atoms with Crippen LogP contribution in [0.4, 0.5) is 5.69 Å². The Morgan fingerprint density at radius 1 is 1.53 bits per heavy atom. The zero-order chi connectivity index (χ0) is 12.3. The second-order valence-electron chi connectivity index (χ2n) is 3.90. The molecular weight excluding hydrogens is 222 g/mol. The summed E-state index contributed by atoms with van der Waals surface area (Å²) >= 11 is 0. The number of carboxylic acid groups (broad SMARTS) is 1. The summed E-state index contributed by atoms with van der Waals surface area (Å²) in [4.78, 5) is 10.9. The number of aliphatic carboxylic acids is 1. The highest BCUT2D eigenvalue weighted by Gasteiger charge is 2.26. The van der Waals surface area contributed by atoms with Gasteiger partial charge in [-0.1, -0.05) is 0 Å². The van der Waals surface area contributed by atoms with E-state index in [1.54, 1.807) is 7.11 Å². The molecule has 1 aromatic carbocycles. The van der Waals surface area contributed by atoms with E-state index in [1.807, 2.05) is 18.2 Å². The van der Waals surface area contributed by atoms with Gasteiger partial charge in [-0.15, -0.1) is 0 Å². The summed E-state index contributed by atoms with van der Waals surface area (Å²) in [5.41, 5.74) is 1.85. The number of benzene rings is 1. The number of fused-ring (bicyclic) bond motifs is 1. The molecule has 1 aliphatic rings. The average Bonchev–Trinajstić information content (AvgIpc) is 2.72. The van der Waals surface area contributed by atoms with Gasteiger partial charge in [-0.25, -0.2) is 4.79 Å². The number of hydrogen-bond acceptors (Lipinski definition) is 4. The molecule has 0 amide bonds. The largest absolute Gasteiger partial charge is 0.491 e. The van der Waals surface area contributed by atoms with E-state index in [4.69, 9.17) is 14.6 Å². The van der Waals surface area contributed by atoms with Gasteiger partial charge in [-0.2, -0.15) is 0 Å².